The molecule has 0 spiro atoms. The molecule has 6 rings (SSSR count). The van der Waals surface area contributed by atoms with E-state index in [0.29, 0.717) is 32.7 Å². The molecule has 1 fully saturated rings. The minimum absolute atomic E-state index is 0.00404. The summed E-state index contributed by atoms with van der Waals surface area (Å²) < 4.78 is 1.86. The van der Waals surface area contributed by atoms with Gasteiger partial charge in [-0.3, -0.25) is 9.59 Å². The van der Waals surface area contributed by atoms with E-state index in [0.717, 1.165) is 29.7 Å². The lowest BCUT2D eigenvalue weighted by Crippen LogP contribution is -2.52. The number of carbonyl (C=O) groups is 2. The van der Waals surface area contributed by atoms with E-state index >= 15 is 0 Å². The van der Waals surface area contributed by atoms with E-state index in [4.69, 9.17) is 0 Å². The molecule has 1 saturated heterocycles. The Bertz CT molecular complexity index is 1310. The second-order valence-electron chi connectivity index (χ2n) is 9.45. The number of nitrogens with zero attached hydrogens (tertiary/aromatic N) is 3. The van der Waals surface area contributed by atoms with Crippen LogP contribution in [-0.4, -0.2) is 57.5 Å². The van der Waals surface area contributed by atoms with E-state index in [2.05, 4.69) is 22.4 Å². The average molecular weight is 446 g/mol. The molecule has 0 radical (unpaired) electrons. The lowest BCUT2D eigenvalue weighted by Gasteiger charge is -2.42. The summed E-state index contributed by atoms with van der Waals surface area (Å²) in [4.78, 5) is 45.0. The van der Waals surface area contributed by atoms with Gasteiger partial charge in [0.1, 0.15) is 0 Å². The topological polar surface area (TPSA) is 90.4 Å². The third-order valence-electron chi connectivity index (χ3n) is 7.39. The first kappa shape index (κ1) is 20.1. The van der Waals surface area contributed by atoms with Crippen molar-refractivity contribution in [1.29, 1.82) is 0 Å². The zero-order chi connectivity index (χ0) is 22.5. The molecular formula is C25H27N5O3. The first-order valence-corrected chi connectivity index (χ1v) is 11.7. The predicted octanol–water partition coefficient (Wildman–Crippen LogP) is 2.04. The van der Waals surface area contributed by atoms with Crippen LogP contribution in [0.5, 0.6) is 0 Å². The molecule has 2 aromatic heterocycles. The van der Waals surface area contributed by atoms with Crippen molar-refractivity contribution in [3.63, 3.8) is 0 Å². The first-order chi connectivity index (χ1) is 16.1. The van der Waals surface area contributed by atoms with Gasteiger partial charge in [0.2, 0.25) is 5.91 Å². The summed E-state index contributed by atoms with van der Waals surface area (Å²) in [6, 6.07) is 13.4. The van der Waals surface area contributed by atoms with E-state index in [1.807, 2.05) is 27.7 Å². The maximum absolute atomic E-state index is 12.9. The number of hydrogen-bond acceptors (Lipinski definition) is 3. The Balaban J connectivity index is 1.08. The number of hydrogen-bond donors (Lipinski definition) is 2. The number of aromatic nitrogens is 2. The van der Waals surface area contributed by atoms with Gasteiger partial charge < -0.3 is 24.7 Å². The molecule has 0 saturated carbocycles. The van der Waals surface area contributed by atoms with E-state index in [1.54, 1.807) is 17.0 Å². The van der Waals surface area contributed by atoms with Crippen molar-refractivity contribution in [2.75, 3.05) is 26.2 Å². The Hall–Kier alpha value is -3.55. The van der Waals surface area contributed by atoms with Gasteiger partial charge in [0, 0.05) is 60.5 Å². The molecule has 3 aliphatic heterocycles. The third-order valence-corrected chi connectivity index (χ3v) is 7.39. The number of benzene rings is 1. The number of para-hydroxylation sites is 1. The van der Waals surface area contributed by atoms with Crippen LogP contribution >= 0.6 is 0 Å². The summed E-state index contributed by atoms with van der Waals surface area (Å²) in [6.45, 7) is 3.03. The maximum atomic E-state index is 12.9. The standard InChI is InChI=1S/C25H27N5O3/c31-23-7-3-6-22-17-10-16(13-30(22)23)12-29(14-17)24(32)11-26-25(33)28-9-8-19-18-4-1-2-5-20(18)27-21(19)15-28/h1-7,16-17,27H,8-15H2,(H,26,33). The number of pyridine rings is 1. The van der Waals surface area contributed by atoms with Gasteiger partial charge in [-0.15, -0.1) is 0 Å². The zero-order valence-electron chi connectivity index (χ0n) is 18.4. The number of urea groups is 1. The molecule has 3 aliphatic rings. The van der Waals surface area contributed by atoms with Crippen LogP contribution in [0.2, 0.25) is 0 Å². The van der Waals surface area contributed by atoms with Crippen LogP contribution in [0.15, 0.2) is 47.3 Å². The molecule has 0 aliphatic carbocycles. The summed E-state index contributed by atoms with van der Waals surface area (Å²) in [5.41, 5.74) is 4.50. The van der Waals surface area contributed by atoms with E-state index in [9.17, 15) is 14.4 Å². The van der Waals surface area contributed by atoms with Crippen molar-refractivity contribution in [3.05, 3.63) is 69.8 Å². The second-order valence-corrected chi connectivity index (χ2v) is 9.45. The number of rotatable bonds is 2. The van der Waals surface area contributed by atoms with Crippen LogP contribution in [0, 0.1) is 5.92 Å². The van der Waals surface area contributed by atoms with Crippen LogP contribution in [0.1, 0.15) is 29.3 Å². The maximum Gasteiger partial charge on any atom is 0.318 e. The molecule has 1 aromatic carbocycles. The van der Waals surface area contributed by atoms with Gasteiger partial charge in [0.05, 0.1) is 13.1 Å². The Kier molecular flexibility index (Phi) is 4.74. The quantitative estimate of drug-likeness (QED) is 0.633. The van der Waals surface area contributed by atoms with Crippen molar-refractivity contribution >= 4 is 22.8 Å². The highest BCUT2D eigenvalue weighted by molar-refractivity contribution is 5.86. The smallest absolute Gasteiger partial charge is 0.318 e. The zero-order valence-corrected chi connectivity index (χ0v) is 18.4. The summed E-state index contributed by atoms with van der Waals surface area (Å²) in [6.07, 6.45) is 1.80. The summed E-state index contributed by atoms with van der Waals surface area (Å²) in [5, 5.41) is 4.06. The van der Waals surface area contributed by atoms with Gasteiger partial charge in [-0.1, -0.05) is 24.3 Å². The van der Waals surface area contributed by atoms with Crippen molar-refractivity contribution in [2.24, 2.45) is 5.92 Å². The molecule has 2 atom stereocenters. The van der Waals surface area contributed by atoms with Gasteiger partial charge in [-0.25, -0.2) is 4.79 Å². The largest absolute Gasteiger partial charge is 0.357 e. The number of carbonyl (C=O) groups excluding carboxylic acids is 2. The second kappa shape index (κ2) is 7.79. The Labute approximate surface area is 191 Å². The highest BCUT2D eigenvalue weighted by Crippen LogP contribution is 2.35. The molecule has 2 unspecified atom stereocenters. The van der Waals surface area contributed by atoms with Crippen molar-refractivity contribution in [1.82, 2.24) is 24.7 Å². The fraction of sp³-hybridized carbons (Fsp3) is 0.400. The van der Waals surface area contributed by atoms with Crippen LogP contribution in [-0.2, 0) is 24.3 Å². The molecule has 170 valence electrons. The van der Waals surface area contributed by atoms with Gasteiger partial charge >= 0.3 is 6.03 Å². The number of amides is 3. The highest BCUT2D eigenvalue weighted by atomic mass is 16.2. The molecular weight excluding hydrogens is 418 g/mol. The molecule has 3 amide bonds. The fourth-order valence-electron chi connectivity index (χ4n) is 5.84. The molecule has 33 heavy (non-hydrogen) atoms. The lowest BCUT2D eigenvalue weighted by atomic mass is 9.83. The SMILES string of the molecule is O=C(CNC(=O)N1CCc2c([nH]c3ccccc23)C1)N1CC2CC(C1)c1cccc(=O)n1C2. The fourth-order valence-corrected chi connectivity index (χ4v) is 5.84. The highest BCUT2D eigenvalue weighted by Gasteiger charge is 2.36. The van der Waals surface area contributed by atoms with Crippen LogP contribution in [0.25, 0.3) is 10.9 Å². The van der Waals surface area contributed by atoms with E-state index < -0.39 is 0 Å². The monoisotopic (exact) mass is 445 g/mol. The molecule has 2 bridgehead atoms. The Morgan fingerprint density at radius 2 is 1.91 bits per heavy atom. The Morgan fingerprint density at radius 3 is 2.82 bits per heavy atom. The minimum Gasteiger partial charge on any atom is -0.357 e. The average Bonchev–Trinajstić information content (AvgIpc) is 3.21. The molecule has 8 heteroatoms. The van der Waals surface area contributed by atoms with E-state index in [1.165, 1.54) is 10.9 Å². The van der Waals surface area contributed by atoms with Crippen LogP contribution < -0.4 is 10.9 Å². The molecule has 3 aromatic rings. The number of likely N-dealkylation sites (tertiary alicyclic amines) is 1. The van der Waals surface area contributed by atoms with Gasteiger partial charge in [-0.05, 0) is 36.5 Å². The first-order valence-electron chi connectivity index (χ1n) is 11.7. The summed E-state index contributed by atoms with van der Waals surface area (Å²) >= 11 is 0. The van der Waals surface area contributed by atoms with Gasteiger partial charge in [-0.2, -0.15) is 0 Å². The molecule has 5 heterocycles. The minimum atomic E-state index is -0.207. The number of H-pyrrole nitrogens is 1. The predicted molar refractivity (Wildman–Crippen MR) is 124 cm³/mol. The molecule has 2 N–H and O–H groups in total. The van der Waals surface area contributed by atoms with Crippen LogP contribution in [0.3, 0.4) is 0 Å². The van der Waals surface area contributed by atoms with E-state index in [-0.39, 0.29) is 35.9 Å². The number of piperidine rings is 1. The normalized spacial score (nSPS) is 21.5. The van der Waals surface area contributed by atoms with Gasteiger partial charge in [0.15, 0.2) is 0 Å². The van der Waals surface area contributed by atoms with Crippen molar-refractivity contribution in [3.8, 4) is 0 Å². The van der Waals surface area contributed by atoms with Crippen molar-refractivity contribution < 1.29 is 9.59 Å². The number of aromatic amines is 1. The van der Waals surface area contributed by atoms with Crippen LogP contribution in [0.4, 0.5) is 4.79 Å². The third kappa shape index (κ3) is 3.50. The lowest BCUT2D eigenvalue weighted by molar-refractivity contribution is -0.132. The van der Waals surface area contributed by atoms with Gasteiger partial charge in [0.25, 0.3) is 5.56 Å². The number of nitrogens with one attached hydrogen (secondary N) is 2. The summed E-state index contributed by atoms with van der Waals surface area (Å²) in [5.74, 6) is 0.389. The number of fused-ring (bicyclic) bond motifs is 7. The van der Waals surface area contributed by atoms with Crippen molar-refractivity contribution in [2.45, 2.75) is 31.8 Å². The molecule has 8 nitrogen and oxygen atoms in total. The summed E-state index contributed by atoms with van der Waals surface area (Å²) in [7, 11) is 0. The Morgan fingerprint density at radius 1 is 1.03 bits per heavy atom.